The highest BCUT2D eigenvalue weighted by Gasteiger charge is 2.52. The van der Waals surface area contributed by atoms with Gasteiger partial charge < -0.3 is 5.11 Å². The second-order valence-corrected chi connectivity index (χ2v) is 9.46. The fourth-order valence-electron chi connectivity index (χ4n) is 3.61. The summed E-state index contributed by atoms with van der Waals surface area (Å²) in [5.74, 6) is -2.49. The van der Waals surface area contributed by atoms with Crippen LogP contribution in [0.4, 0.5) is 19.4 Å². The number of amides is 2. The van der Waals surface area contributed by atoms with Crippen LogP contribution in [0.2, 0.25) is 0 Å². The number of carboxylic acid groups (broad SMARTS) is 1. The zero-order chi connectivity index (χ0) is 24.0. The quantitative estimate of drug-likeness (QED) is 0.501. The molecule has 1 aliphatic carbocycles. The second-order valence-electron chi connectivity index (χ2n) is 7.71. The zero-order valence-corrected chi connectivity index (χ0v) is 18.0. The van der Waals surface area contributed by atoms with Crippen LogP contribution < -0.4 is 10.0 Å². The van der Waals surface area contributed by atoms with E-state index in [4.69, 9.17) is 5.11 Å². The number of carbonyl (C=O) groups is 2. The smallest absolute Gasteiger partial charge is 0.410 e. The first kappa shape index (κ1) is 22.4. The number of carbonyl (C=O) groups excluding carboxylic acids is 1. The van der Waals surface area contributed by atoms with Gasteiger partial charge >= 0.3 is 6.09 Å². The topological polar surface area (TPSA) is 130 Å². The van der Waals surface area contributed by atoms with Crippen molar-refractivity contribution in [2.24, 2.45) is 0 Å². The van der Waals surface area contributed by atoms with Crippen LogP contribution in [0.15, 0.2) is 48.7 Å². The van der Waals surface area contributed by atoms with Gasteiger partial charge in [0.15, 0.2) is 11.6 Å². The van der Waals surface area contributed by atoms with E-state index in [1.807, 2.05) is 10.0 Å². The third-order valence-corrected chi connectivity index (χ3v) is 5.91. The van der Waals surface area contributed by atoms with E-state index in [1.54, 1.807) is 18.2 Å². The van der Waals surface area contributed by atoms with Crippen LogP contribution in [0.25, 0.3) is 16.8 Å². The minimum Gasteiger partial charge on any atom is -0.465 e. The van der Waals surface area contributed by atoms with Crippen LogP contribution in [-0.4, -0.2) is 41.6 Å². The van der Waals surface area contributed by atoms with Crippen molar-refractivity contribution in [1.82, 2.24) is 14.5 Å². The summed E-state index contributed by atoms with van der Waals surface area (Å²) in [6, 6.07) is 10.4. The van der Waals surface area contributed by atoms with Gasteiger partial charge in [-0.05, 0) is 42.2 Å². The Hall–Kier alpha value is -3.80. The van der Waals surface area contributed by atoms with Gasteiger partial charge in [-0.3, -0.25) is 14.8 Å². The van der Waals surface area contributed by atoms with Gasteiger partial charge in [-0.15, -0.1) is 0 Å². The third kappa shape index (κ3) is 4.42. The maximum absolute atomic E-state index is 14.9. The highest BCUT2D eigenvalue weighted by atomic mass is 32.2. The number of nitrogens with one attached hydrogen (secondary N) is 2. The average Bonchev–Trinajstić information content (AvgIpc) is 3.47. The van der Waals surface area contributed by atoms with Crippen LogP contribution in [0.5, 0.6) is 0 Å². The molecule has 4 rings (SSSR count). The molecule has 0 spiro atoms. The van der Waals surface area contributed by atoms with Gasteiger partial charge in [0, 0.05) is 5.56 Å². The van der Waals surface area contributed by atoms with Gasteiger partial charge in [0.2, 0.25) is 15.9 Å². The first-order chi connectivity index (χ1) is 15.5. The van der Waals surface area contributed by atoms with Crippen LogP contribution in [-0.2, 0) is 20.2 Å². The predicted molar refractivity (Wildman–Crippen MR) is 114 cm³/mol. The molecule has 1 heterocycles. The fraction of sp³-hybridized carbons (Fsp3) is 0.190. The van der Waals surface area contributed by atoms with Crippen molar-refractivity contribution in [2.45, 2.75) is 18.3 Å². The number of rotatable bonds is 6. The maximum atomic E-state index is 14.9. The molecular weight excluding hydrogens is 458 g/mol. The number of hydrogen-bond donors (Lipinski definition) is 3. The van der Waals surface area contributed by atoms with Crippen molar-refractivity contribution in [2.75, 3.05) is 11.6 Å². The summed E-state index contributed by atoms with van der Waals surface area (Å²) in [7, 11) is -3.73. The number of halogens is 2. The Kier molecular flexibility index (Phi) is 5.40. The highest BCUT2D eigenvalue weighted by Crippen LogP contribution is 2.49. The summed E-state index contributed by atoms with van der Waals surface area (Å²) in [5, 5.41) is 14.6. The zero-order valence-electron chi connectivity index (χ0n) is 17.2. The number of sulfonamides is 1. The molecule has 0 atom stereocenters. The van der Waals surface area contributed by atoms with E-state index in [0.717, 1.165) is 17.1 Å². The van der Waals surface area contributed by atoms with Crippen LogP contribution in [0.1, 0.15) is 18.4 Å². The van der Waals surface area contributed by atoms with E-state index < -0.39 is 39.1 Å². The van der Waals surface area contributed by atoms with Gasteiger partial charge in [-0.2, -0.15) is 5.10 Å². The molecular formula is C21H18F2N4O5S. The van der Waals surface area contributed by atoms with Crippen molar-refractivity contribution in [3.8, 4) is 16.8 Å². The molecule has 1 aromatic heterocycles. The Morgan fingerprint density at radius 2 is 1.76 bits per heavy atom. The van der Waals surface area contributed by atoms with Crippen molar-refractivity contribution in [3.05, 3.63) is 65.9 Å². The molecule has 3 aromatic rings. The Balaban J connectivity index is 1.60. The molecule has 2 aromatic carbocycles. The summed E-state index contributed by atoms with van der Waals surface area (Å²) in [6.45, 7) is 0. The van der Waals surface area contributed by atoms with Gasteiger partial charge in [-0.1, -0.05) is 24.3 Å². The summed E-state index contributed by atoms with van der Waals surface area (Å²) >= 11 is 0. The van der Waals surface area contributed by atoms with Crippen molar-refractivity contribution < 1.29 is 31.9 Å². The molecule has 9 nitrogen and oxygen atoms in total. The summed E-state index contributed by atoms with van der Waals surface area (Å²) in [5.41, 5.74) is 0.383. The third-order valence-electron chi connectivity index (χ3n) is 5.36. The SMILES string of the molecule is CS(=O)(=O)NC(=O)C1(c2ccc(-c3ccc(-n4ncc(F)c4NC(=O)O)cc3)c(F)c2)CC1. The molecule has 2 amide bonds. The minimum absolute atomic E-state index is 0.236. The predicted octanol–water partition coefficient (Wildman–Crippen LogP) is 3.01. The number of benzene rings is 2. The highest BCUT2D eigenvalue weighted by molar-refractivity contribution is 7.89. The molecule has 12 heteroatoms. The molecule has 0 saturated heterocycles. The lowest BCUT2D eigenvalue weighted by Gasteiger charge is -2.16. The van der Waals surface area contributed by atoms with Gasteiger partial charge in [-0.25, -0.2) is 26.7 Å². The lowest BCUT2D eigenvalue weighted by molar-refractivity contribution is -0.121. The van der Waals surface area contributed by atoms with Gasteiger partial charge in [0.25, 0.3) is 0 Å². The standard InChI is InChI=1S/C21H18F2N4O5S/c1-33(31,32)26-19(28)21(8-9-21)13-4-7-15(16(22)10-13)12-2-5-14(6-3-12)27-18(25-20(29)30)17(23)11-24-27/h2-7,10-11,25H,8-9H2,1H3,(H,26,28)(H,29,30). The maximum Gasteiger partial charge on any atom is 0.410 e. The number of anilines is 1. The Labute approximate surface area is 187 Å². The van der Waals surface area contributed by atoms with E-state index in [-0.39, 0.29) is 11.4 Å². The van der Waals surface area contributed by atoms with Crippen LogP contribution in [0, 0.1) is 11.6 Å². The van der Waals surface area contributed by atoms with Crippen molar-refractivity contribution >= 4 is 27.8 Å². The van der Waals surface area contributed by atoms with Gasteiger partial charge in [0.05, 0.1) is 23.6 Å². The molecule has 1 aliphatic rings. The summed E-state index contributed by atoms with van der Waals surface area (Å²) in [4.78, 5) is 23.3. The van der Waals surface area contributed by atoms with E-state index in [1.165, 1.54) is 24.3 Å². The Bertz CT molecular complexity index is 1370. The first-order valence-corrected chi connectivity index (χ1v) is 11.6. The summed E-state index contributed by atoms with van der Waals surface area (Å²) < 4.78 is 54.6. The van der Waals surface area contributed by atoms with Crippen molar-refractivity contribution in [1.29, 1.82) is 0 Å². The molecule has 172 valence electrons. The summed E-state index contributed by atoms with van der Waals surface area (Å²) in [6.07, 6.45) is 1.12. The Morgan fingerprint density at radius 1 is 1.09 bits per heavy atom. The normalized spacial score (nSPS) is 14.5. The molecule has 0 unspecified atom stereocenters. The molecule has 1 fully saturated rings. The van der Waals surface area contributed by atoms with E-state index in [2.05, 4.69) is 5.10 Å². The molecule has 0 bridgehead atoms. The van der Waals surface area contributed by atoms with Crippen LogP contribution in [0.3, 0.4) is 0 Å². The number of aromatic nitrogens is 2. The minimum atomic E-state index is -3.73. The number of nitrogens with zero attached hydrogens (tertiary/aromatic N) is 2. The van der Waals surface area contributed by atoms with Crippen molar-refractivity contribution in [3.63, 3.8) is 0 Å². The van der Waals surface area contributed by atoms with Crippen LogP contribution >= 0.6 is 0 Å². The molecule has 0 radical (unpaired) electrons. The molecule has 1 saturated carbocycles. The molecule has 3 N–H and O–H groups in total. The van der Waals surface area contributed by atoms with E-state index in [9.17, 15) is 26.8 Å². The first-order valence-electron chi connectivity index (χ1n) is 9.67. The average molecular weight is 476 g/mol. The molecule has 33 heavy (non-hydrogen) atoms. The largest absolute Gasteiger partial charge is 0.465 e. The molecule has 0 aliphatic heterocycles. The lowest BCUT2D eigenvalue weighted by atomic mass is 9.92. The fourth-order valence-corrected chi connectivity index (χ4v) is 4.14. The van der Waals surface area contributed by atoms with E-state index in [0.29, 0.717) is 29.7 Å². The second kappa shape index (κ2) is 7.96. The number of hydrogen-bond acceptors (Lipinski definition) is 5. The monoisotopic (exact) mass is 476 g/mol. The Morgan fingerprint density at radius 3 is 2.30 bits per heavy atom. The van der Waals surface area contributed by atoms with E-state index >= 15 is 0 Å². The lowest BCUT2D eigenvalue weighted by Crippen LogP contribution is -2.38. The van der Waals surface area contributed by atoms with Gasteiger partial charge in [0.1, 0.15) is 5.82 Å².